The third-order valence-corrected chi connectivity index (χ3v) is 12.1. The van der Waals surface area contributed by atoms with Gasteiger partial charge < -0.3 is 0 Å². The third-order valence-electron chi connectivity index (χ3n) is 2.46. The Balaban J connectivity index is 2.54. The normalized spacial score (nSPS) is 12.3. The molecular weight excluding hydrogens is 407 g/mol. The Labute approximate surface area is 120 Å². The van der Waals surface area contributed by atoms with Gasteiger partial charge in [-0.2, -0.15) is 0 Å². The third kappa shape index (κ3) is 2.80. The van der Waals surface area contributed by atoms with E-state index in [2.05, 4.69) is 0 Å². The maximum absolute atomic E-state index is 9.82. The van der Waals surface area contributed by atoms with Crippen molar-refractivity contribution in [1.29, 1.82) is 0 Å². The average molecular weight is 417 g/mol. The van der Waals surface area contributed by atoms with Crippen molar-refractivity contribution in [2.24, 2.45) is 0 Å². The van der Waals surface area contributed by atoms with Gasteiger partial charge in [-0.1, -0.05) is 0 Å². The molecule has 4 nitrogen and oxygen atoms in total. The molecule has 0 bridgehead atoms. The summed E-state index contributed by atoms with van der Waals surface area (Å²) in [5.41, 5.74) is 0. The SMILES string of the molecule is Oc1ccc([Te](Cl)(Cl)c2ccc(O)c(O)c2)c(O)c1. The number of halogens is 2. The van der Waals surface area contributed by atoms with Crippen molar-refractivity contribution >= 4 is 41.1 Å². The Bertz CT molecular complexity index is 631. The Morgan fingerprint density at radius 1 is 0.737 bits per heavy atom. The van der Waals surface area contributed by atoms with Gasteiger partial charge in [-0.15, -0.1) is 0 Å². The second-order valence-electron chi connectivity index (χ2n) is 3.77. The van der Waals surface area contributed by atoms with Crippen molar-refractivity contribution in [3.05, 3.63) is 36.4 Å². The number of benzene rings is 2. The molecule has 0 heterocycles. The molecule has 0 aromatic heterocycles. The van der Waals surface area contributed by atoms with Crippen LogP contribution in [0.5, 0.6) is 23.0 Å². The number of phenols is 4. The second kappa shape index (κ2) is 5.18. The van der Waals surface area contributed by atoms with Crippen molar-refractivity contribution in [3.63, 3.8) is 0 Å². The van der Waals surface area contributed by atoms with Crippen LogP contribution in [0.3, 0.4) is 0 Å². The van der Waals surface area contributed by atoms with Crippen LogP contribution in [0, 0.1) is 0 Å². The molecule has 0 spiro atoms. The Morgan fingerprint density at radius 3 is 2.00 bits per heavy atom. The van der Waals surface area contributed by atoms with E-state index in [-0.39, 0.29) is 23.0 Å². The molecule has 0 fully saturated rings. The van der Waals surface area contributed by atoms with E-state index >= 15 is 0 Å². The van der Waals surface area contributed by atoms with Gasteiger partial charge in [0, 0.05) is 0 Å². The molecule has 2 aromatic carbocycles. The Kier molecular flexibility index (Phi) is 3.93. The first-order valence-corrected chi connectivity index (χ1v) is 13.3. The van der Waals surface area contributed by atoms with E-state index in [0.717, 1.165) is 6.07 Å². The molecule has 0 atom stereocenters. The summed E-state index contributed by atoms with van der Waals surface area (Å²) in [5, 5.41) is 37.8. The Hall–Kier alpha value is -0.990. The fourth-order valence-electron chi connectivity index (χ4n) is 1.51. The number of aromatic hydroxyl groups is 4. The summed E-state index contributed by atoms with van der Waals surface area (Å²) in [6.07, 6.45) is 0. The summed E-state index contributed by atoms with van der Waals surface area (Å²) < 4.78 is 0.802. The van der Waals surface area contributed by atoms with Crippen molar-refractivity contribution in [3.8, 4) is 23.0 Å². The molecule has 0 aliphatic carbocycles. The maximum atomic E-state index is 9.82. The molecule has 0 radical (unpaired) electrons. The molecule has 0 unspecified atom stereocenters. The minimum atomic E-state index is -3.86. The van der Waals surface area contributed by atoms with E-state index in [1.54, 1.807) is 0 Å². The summed E-state index contributed by atoms with van der Waals surface area (Å²) in [5.74, 6) is -0.890. The second-order valence-corrected chi connectivity index (χ2v) is 16.3. The van der Waals surface area contributed by atoms with Crippen LogP contribution in [-0.2, 0) is 0 Å². The van der Waals surface area contributed by atoms with Crippen LogP contribution in [0.25, 0.3) is 0 Å². The molecule has 0 saturated carbocycles. The summed E-state index contributed by atoms with van der Waals surface area (Å²) in [6, 6.07) is 8.05. The van der Waals surface area contributed by atoms with Crippen LogP contribution in [-0.4, -0.2) is 36.4 Å². The van der Waals surface area contributed by atoms with Crippen molar-refractivity contribution in [1.82, 2.24) is 0 Å². The standard InChI is InChI=1S/C12H10Cl2O4Te/c13-19(14,8-2-3-9(16)10(17)6-8)12-4-1-7(15)5-11(12)18/h1-6,15-18H. The van der Waals surface area contributed by atoms with Crippen LogP contribution >= 0.6 is 17.9 Å². The minimum absolute atomic E-state index is 0.0956. The molecule has 7 heteroatoms. The fraction of sp³-hybridized carbons (Fsp3) is 0. The van der Waals surface area contributed by atoms with Gasteiger partial charge in [-0.05, 0) is 0 Å². The van der Waals surface area contributed by atoms with Crippen molar-refractivity contribution in [2.75, 3.05) is 0 Å². The molecular formula is C12H10Cl2O4Te. The van der Waals surface area contributed by atoms with E-state index in [0.29, 0.717) is 7.22 Å². The van der Waals surface area contributed by atoms with Crippen LogP contribution in [0.2, 0.25) is 0 Å². The zero-order valence-electron chi connectivity index (χ0n) is 9.42. The van der Waals surface area contributed by atoms with Crippen LogP contribution in [0.4, 0.5) is 0 Å². The van der Waals surface area contributed by atoms with Gasteiger partial charge in [0.2, 0.25) is 0 Å². The van der Waals surface area contributed by atoms with Gasteiger partial charge in [0.1, 0.15) is 0 Å². The van der Waals surface area contributed by atoms with E-state index < -0.39 is 15.9 Å². The zero-order chi connectivity index (χ0) is 14.2. The molecule has 19 heavy (non-hydrogen) atoms. The first-order valence-electron chi connectivity index (χ1n) is 5.09. The molecule has 2 rings (SSSR count). The Morgan fingerprint density at radius 2 is 1.42 bits per heavy atom. The summed E-state index contributed by atoms with van der Waals surface area (Å²) in [7, 11) is 12.8. The molecule has 102 valence electrons. The molecule has 0 aliphatic heterocycles. The van der Waals surface area contributed by atoms with Gasteiger partial charge >= 0.3 is 121 Å². The van der Waals surface area contributed by atoms with Gasteiger partial charge in [0.15, 0.2) is 0 Å². The first kappa shape index (κ1) is 14.4. The summed E-state index contributed by atoms with van der Waals surface area (Å²) in [4.78, 5) is 0. The molecule has 4 N–H and O–H groups in total. The van der Waals surface area contributed by atoms with Crippen LogP contribution < -0.4 is 7.22 Å². The van der Waals surface area contributed by atoms with E-state index in [9.17, 15) is 20.4 Å². The molecule has 0 saturated heterocycles. The van der Waals surface area contributed by atoms with Crippen molar-refractivity contribution < 1.29 is 20.4 Å². The van der Waals surface area contributed by atoms with E-state index in [1.165, 1.54) is 30.3 Å². The summed E-state index contributed by atoms with van der Waals surface area (Å²) >= 11 is -3.86. The predicted octanol–water partition coefficient (Wildman–Crippen LogP) is 1.54. The number of rotatable bonds is 2. The van der Waals surface area contributed by atoms with E-state index in [4.69, 9.17) is 17.9 Å². The van der Waals surface area contributed by atoms with Crippen LogP contribution in [0.15, 0.2) is 36.4 Å². The van der Waals surface area contributed by atoms with Gasteiger partial charge in [-0.25, -0.2) is 0 Å². The topological polar surface area (TPSA) is 80.9 Å². The molecule has 2 aromatic rings. The van der Waals surface area contributed by atoms with Crippen LogP contribution in [0.1, 0.15) is 0 Å². The van der Waals surface area contributed by atoms with Gasteiger partial charge in [0.25, 0.3) is 0 Å². The zero-order valence-corrected chi connectivity index (χ0v) is 13.3. The van der Waals surface area contributed by atoms with Crippen molar-refractivity contribution in [2.45, 2.75) is 0 Å². The molecule has 0 aliphatic rings. The average Bonchev–Trinajstić information content (AvgIpc) is 2.32. The predicted molar refractivity (Wildman–Crippen MR) is 76.3 cm³/mol. The fourth-order valence-corrected chi connectivity index (χ4v) is 8.30. The number of hydrogen-bond donors (Lipinski definition) is 4. The summed E-state index contributed by atoms with van der Waals surface area (Å²) in [6.45, 7) is 0. The quantitative estimate of drug-likeness (QED) is 0.442. The number of hydrogen-bond acceptors (Lipinski definition) is 4. The first-order chi connectivity index (χ1) is 8.82. The van der Waals surface area contributed by atoms with Gasteiger partial charge in [0.05, 0.1) is 0 Å². The number of phenolic OH excluding ortho intramolecular Hbond substituents is 4. The van der Waals surface area contributed by atoms with Gasteiger partial charge in [-0.3, -0.25) is 0 Å². The monoisotopic (exact) mass is 418 g/mol. The molecule has 0 amide bonds. The van der Waals surface area contributed by atoms with E-state index in [1.807, 2.05) is 0 Å².